The van der Waals surface area contributed by atoms with Gasteiger partial charge < -0.3 is 9.84 Å². The van der Waals surface area contributed by atoms with Crippen LogP contribution < -0.4 is 0 Å². The first kappa shape index (κ1) is 12.6. The number of hydrogen-bond acceptors (Lipinski definition) is 3. The molecule has 0 radical (unpaired) electrons. The first-order valence-corrected chi connectivity index (χ1v) is 5.14. The lowest BCUT2D eigenvalue weighted by Gasteiger charge is -2.17. The highest BCUT2D eigenvalue weighted by Crippen LogP contribution is 2.37. The fourth-order valence-electron chi connectivity index (χ4n) is 1.71. The number of halogens is 3. The zero-order chi connectivity index (χ0) is 13.3. The predicted octanol–water partition coefficient (Wildman–Crippen LogP) is 2.57. The molecule has 2 rings (SSSR count). The molecule has 96 valence electrons. The molecule has 3 nitrogen and oxygen atoms in total. The summed E-state index contributed by atoms with van der Waals surface area (Å²) in [6.07, 6.45) is -4.92. The lowest BCUT2D eigenvalue weighted by molar-refractivity contribution is -0.139. The molecule has 18 heavy (non-hydrogen) atoms. The van der Waals surface area contributed by atoms with E-state index in [1.165, 1.54) is 18.2 Å². The molecule has 0 spiro atoms. The van der Waals surface area contributed by atoms with Crippen molar-refractivity contribution in [2.24, 2.45) is 0 Å². The van der Waals surface area contributed by atoms with E-state index >= 15 is 0 Å². The van der Waals surface area contributed by atoms with Gasteiger partial charge in [0.2, 0.25) is 0 Å². The number of alkyl halides is 3. The monoisotopic (exact) mass is 258 g/mol. The smallest absolute Gasteiger partial charge is 0.416 e. The summed E-state index contributed by atoms with van der Waals surface area (Å²) >= 11 is 0. The average molecular weight is 258 g/mol. The quantitative estimate of drug-likeness (QED) is 0.829. The van der Waals surface area contributed by atoms with Gasteiger partial charge in [0, 0.05) is 5.56 Å². The van der Waals surface area contributed by atoms with Crippen LogP contribution in [0.4, 0.5) is 13.2 Å². The van der Waals surface area contributed by atoms with Crippen molar-refractivity contribution in [3.8, 4) is 0 Å². The second-order valence-electron chi connectivity index (χ2n) is 3.77. The maximum Gasteiger partial charge on any atom is 0.416 e. The van der Waals surface area contributed by atoms with Gasteiger partial charge in [0.15, 0.2) is 0 Å². The van der Waals surface area contributed by atoms with Crippen LogP contribution in [-0.2, 0) is 15.7 Å². The van der Waals surface area contributed by atoms with Crippen molar-refractivity contribution in [1.82, 2.24) is 0 Å². The maximum atomic E-state index is 12.7. The third-order valence-corrected chi connectivity index (χ3v) is 2.53. The van der Waals surface area contributed by atoms with E-state index in [0.717, 1.165) is 12.1 Å². The Morgan fingerprint density at radius 1 is 1.28 bits per heavy atom. The fourth-order valence-corrected chi connectivity index (χ4v) is 1.71. The Labute approximate surface area is 100 Å². The molecule has 1 heterocycles. The summed E-state index contributed by atoms with van der Waals surface area (Å²) in [5, 5.41) is 9.84. The SMILES string of the molecule is O=C1CC=C(C(O)c2ccccc2C(F)(F)F)O1. The van der Waals surface area contributed by atoms with E-state index in [1.807, 2.05) is 0 Å². The second-order valence-corrected chi connectivity index (χ2v) is 3.77. The van der Waals surface area contributed by atoms with Crippen LogP contribution in [0.25, 0.3) is 0 Å². The van der Waals surface area contributed by atoms with Crippen molar-refractivity contribution in [2.45, 2.75) is 18.7 Å². The van der Waals surface area contributed by atoms with E-state index in [-0.39, 0.29) is 17.7 Å². The van der Waals surface area contributed by atoms with Crippen LogP contribution in [0.5, 0.6) is 0 Å². The average Bonchev–Trinajstić information content (AvgIpc) is 2.74. The van der Waals surface area contributed by atoms with E-state index in [0.29, 0.717) is 0 Å². The van der Waals surface area contributed by atoms with Crippen molar-refractivity contribution >= 4 is 5.97 Å². The summed E-state index contributed by atoms with van der Waals surface area (Å²) < 4.78 is 42.9. The van der Waals surface area contributed by atoms with E-state index < -0.39 is 23.8 Å². The zero-order valence-electron chi connectivity index (χ0n) is 9.07. The summed E-state index contributed by atoms with van der Waals surface area (Å²) in [5.41, 5.74) is -1.27. The Hall–Kier alpha value is -1.82. The Morgan fingerprint density at radius 2 is 1.94 bits per heavy atom. The van der Waals surface area contributed by atoms with Crippen LogP contribution in [0, 0.1) is 0 Å². The number of aliphatic hydroxyl groups is 1. The van der Waals surface area contributed by atoms with Gasteiger partial charge in [-0.2, -0.15) is 13.2 Å². The van der Waals surface area contributed by atoms with Gasteiger partial charge >= 0.3 is 12.1 Å². The Morgan fingerprint density at radius 3 is 2.50 bits per heavy atom. The van der Waals surface area contributed by atoms with Gasteiger partial charge in [-0.25, -0.2) is 0 Å². The molecular weight excluding hydrogens is 249 g/mol. The van der Waals surface area contributed by atoms with Crippen LogP contribution in [0.3, 0.4) is 0 Å². The predicted molar refractivity (Wildman–Crippen MR) is 55.2 cm³/mol. The van der Waals surface area contributed by atoms with Gasteiger partial charge in [0.25, 0.3) is 0 Å². The standard InChI is InChI=1S/C12H9F3O3/c13-12(14,15)8-4-2-1-3-7(8)11(17)9-5-6-10(16)18-9/h1-5,11,17H,6H2. The summed E-state index contributed by atoms with van der Waals surface area (Å²) in [6.45, 7) is 0. The van der Waals surface area contributed by atoms with E-state index in [4.69, 9.17) is 0 Å². The number of cyclic esters (lactones) is 1. The molecule has 0 aromatic heterocycles. The zero-order valence-corrected chi connectivity index (χ0v) is 9.07. The first-order valence-electron chi connectivity index (χ1n) is 5.14. The summed E-state index contributed by atoms with van der Waals surface area (Å²) in [7, 11) is 0. The summed E-state index contributed by atoms with van der Waals surface area (Å²) in [6, 6.07) is 4.63. The van der Waals surface area contributed by atoms with Gasteiger partial charge in [-0.1, -0.05) is 18.2 Å². The van der Waals surface area contributed by atoms with Crippen molar-refractivity contribution in [3.05, 3.63) is 47.2 Å². The molecule has 1 aliphatic rings. The largest absolute Gasteiger partial charge is 0.428 e. The molecule has 0 bridgehead atoms. The number of ether oxygens (including phenoxy) is 1. The van der Waals surface area contributed by atoms with Gasteiger partial charge in [0.1, 0.15) is 11.9 Å². The molecule has 1 aliphatic heterocycles. The molecule has 1 atom stereocenters. The number of esters is 1. The fraction of sp³-hybridized carbons (Fsp3) is 0.250. The van der Waals surface area contributed by atoms with E-state index in [2.05, 4.69) is 4.74 Å². The third kappa shape index (κ3) is 2.38. The van der Waals surface area contributed by atoms with Crippen LogP contribution >= 0.6 is 0 Å². The molecule has 0 saturated heterocycles. The molecule has 1 unspecified atom stereocenters. The van der Waals surface area contributed by atoms with Crippen LogP contribution in [-0.4, -0.2) is 11.1 Å². The minimum absolute atomic E-state index is 0.0411. The molecule has 6 heteroatoms. The van der Waals surface area contributed by atoms with Gasteiger partial charge in [-0.05, 0) is 12.1 Å². The molecular formula is C12H9F3O3. The van der Waals surface area contributed by atoms with Crippen molar-refractivity contribution in [2.75, 3.05) is 0 Å². The van der Waals surface area contributed by atoms with Gasteiger partial charge in [-0.3, -0.25) is 4.79 Å². The molecule has 1 aromatic carbocycles. The van der Waals surface area contributed by atoms with Crippen LogP contribution in [0.1, 0.15) is 23.7 Å². The van der Waals surface area contributed by atoms with E-state index in [9.17, 15) is 23.1 Å². The van der Waals surface area contributed by atoms with Crippen molar-refractivity contribution in [1.29, 1.82) is 0 Å². The number of aliphatic hydroxyl groups excluding tert-OH is 1. The highest BCUT2D eigenvalue weighted by atomic mass is 19.4. The number of hydrogen-bond donors (Lipinski definition) is 1. The van der Waals surface area contributed by atoms with Crippen LogP contribution in [0.2, 0.25) is 0 Å². The highest BCUT2D eigenvalue weighted by molar-refractivity contribution is 5.75. The normalized spacial score (nSPS) is 17.3. The van der Waals surface area contributed by atoms with E-state index in [1.54, 1.807) is 0 Å². The number of benzene rings is 1. The highest BCUT2D eigenvalue weighted by Gasteiger charge is 2.36. The second kappa shape index (κ2) is 4.45. The Kier molecular flexibility index (Phi) is 3.13. The maximum absolute atomic E-state index is 12.7. The molecule has 0 saturated carbocycles. The molecule has 0 aliphatic carbocycles. The third-order valence-electron chi connectivity index (χ3n) is 2.53. The van der Waals surface area contributed by atoms with Crippen molar-refractivity contribution < 1.29 is 27.8 Å². The lowest BCUT2D eigenvalue weighted by atomic mass is 10.0. The summed E-state index contributed by atoms with van der Waals surface area (Å²) in [4.78, 5) is 10.9. The Bertz CT molecular complexity index is 506. The number of carbonyl (C=O) groups excluding carboxylic acids is 1. The van der Waals surface area contributed by atoms with Gasteiger partial charge in [0.05, 0.1) is 12.0 Å². The minimum Gasteiger partial charge on any atom is -0.428 e. The summed E-state index contributed by atoms with van der Waals surface area (Å²) in [5.74, 6) is -0.745. The van der Waals surface area contributed by atoms with Crippen molar-refractivity contribution in [3.63, 3.8) is 0 Å². The van der Waals surface area contributed by atoms with Crippen LogP contribution in [0.15, 0.2) is 36.1 Å². The first-order chi connectivity index (χ1) is 8.39. The molecule has 1 aromatic rings. The topological polar surface area (TPSA) is 46.5 Å². The number of rotatable bonds is 2. The van der Waals surface area contributed by atoms with Gasteiger partial charge in [-0.15, -0.1) is 0 Å². The Balaban J connectivity index is 2.37. The minimum atomic E-state index is -4.57. The number of carbonyl (C=O) groups is 1. The molecule has 0 fully saturated rings. The molecule has 1 N–H and O–H groups in total. The molecule has 0 amide bonds. The lowest BCUT2D eigenvalue weighted by Crippen LogP contribution is -2.13.